The number of nitrogens with two attached hydrogens (primary N) is 1. The molecule has 1 fully saturated rings. The number of nitrogen functional groups attached to an aromatic ring is 1. The maximum absolute atomic E-state index is 13.6. The summed E-state index contributed by atoms with van der Waals surface area (Å²) in [6.07, 6.45) is 7.53. The molecule has 0 unspecified atom stereocenters. The van der Waals surface area contributed by atoms with Crippen LogP contribution in [0, 0.1) is 13.8 Å². The average Bonchev–Trinajstić information content (AvgIpc) is 3.52. The molecular weight excluding hydrogens is 466 g/mol. The zero-order valence-corrected chi connectivity index (χ0v) is 20.6. The molecule has 1 aliphatic rings. The second-order valence-corrected chi connectivity index (χ2v) is 10.6. The molecule has 1 aliphatic carbocycles. The Bertz CT molecular complexity index is 1560. The van der Waals surface area contributed by atoms with E-state index in [2.05, 4.69) is 19.8 Å². The van der Waals surface area contributed by atoms with Gasteiger partial charge in [-0.15, -0.1) is 0 Å². The van der Waals surface area contributed by atoms with Crippen LogP contribution in [0.4, 0.5) is 11.5 Å². The fraction of sp³-hybridized carbons (Fsp3) is 0.333. The van der Waals surface area contributed by atoms with Crippen LogP contribution in [0.3, 0.4) is 0 Å². The highest BCUT2D eigenvalue weighted by molar-refractivity contribution is 7.92. The molecule has 10 nitrogen and oxygen atoms in total. The van der Waals surface area contributed by atoms with Crippen molar-refractivity contribution in [3.63, 3.8) is 0 Å². The second-order valence-electron chi connectivity index (χ2n) is 8.98. The van der Waals surface area contributed by atoms with Crippen LogP contribution in [-0.2, 0) is 17.1 Å². The van der Waals surface area contributed by atoms with E-state index in [1.165, 1.54) is 17.1 Å². The van der Waals surface area contributed by atoms with E-state index in [4.69, 9.17) is 5.73 Å². The summed E-state index contributed by atoms with van der Waals surface area (Å²) < 4.78 is 32.3. The van der Waals surface area contributed by atoms with Crippen molar-refractivity contribution in [3.05, 3.63) is 59.3 Å². The van der Waals surface area contributed by atoms with Gasteiger partial charge in [0, 0.05) is 30.5 Å². The summed E-state index contributed by atoms with van der Waals surface area (Å²) in [5, 5.41) is 4.72. The molecule has 0 spiro atoms. The first-order valence-electron chi connectivity index (χ1n) is 11.5. The Hall–Kier alpha value is -3.73. The minimum Gasteiger partial charge on any atom is -0.383 e. The molecule has 5 rings (SSSR count). The molecule has 0 atom stereocenters. The first-order chi connectivity index (χ1) is 16.7. The van der Waals surface area contributed by atoms with Crippen LogP contribution in [-0.4, -0.2) is 38.5 Å². The van der Waals surface area contributed by atoms with Crippen molar-refractivity contribution >= 4 is 38.3 Å². The molecule has 3 aromatic heterocycles. The van der Waals surface area contributed by atoms with Crippen molar-refractivity contribution in [1.82, 2.24) is 24.3 Å². The van der Waals surface area contributed by atoms with E-state index in [1.54, 1.807) is 39.1 Å². The molecule has 35 heavy (non-hydrogen) atoms. The van der Waals surface area contributed by atoms with Gasteiger partial charge in [0.15, 0.2) is 5.78 Å². The number of carbonyl (C=O) groups excluding carboxylic acids is 1. The summed E-state index contributed by atoms with van der Waals surface area (Å²) >= 11 is 0. The molecule has 0 amide bonds. The van der Waals surface area contributed by atoms with E-state index in [9.17, 15) is 13.2 Å². The maximum atomic E-state index is 13.6. The molecule has 3 N–H and O–H groups in total. The Morgan fingerprint density at radius 1 is 1.17 bits per heavy atom. The average molecular weight is 494 g/mol. The summed E-state index contributed by atoms with van der Waals surface area (Å²) in [4.78, 5) is 22.3. The van der Waals surface area contributed by atoms with Crippen molar-refractivity contribution in [2.45, 2.75) is 50.5 Å². The van der Waals surface area contributed by atoms with Crippen molar-refractivity contribution < 1.29 is 13.2 Å². The van der Waals surface area contributed by atoms with Gasteiger partial charge in [-0.2, -0.15) is 5.10 Å². The second kappa shape index (κ2) is 8.49. The number of sulfonamides is 1. The van der Waals surface area contributed by atoms with Gasteiger partial charge in [0.1, 0.15) is 22.7 Å². The molecule has 182 valence electrons. The largest absolute Gasteiger partial charge is 0.383 e. The lowest BCUT2D eigenvalue weighted by Gasteiger charge is -2.12. The first kappa shape index (κ1) is 23.0. The van der Waals surface area contributed by atoms with Crippen molar-refractivity contribution in [3.8, 4) is 0 Å². The van der Waals surface area contributed by atoms with E-state index >= 15 is 0 Å². The number of anilines is 2. The molecule has 0 aliphatic heterocycles. The Morgan fingerprint density at radius 2 is 1.91 bits per heavy atom. The molecule has 0 saturated heterocycles. The van der Waals surface area contributed by atoms with E-state index in [-0.39, 0.29) is 28.2 Å². The molecular formula is C24H27N7O3S. The number of carbonyl (C=O) groups is 1. The third-order valence-corrected chi connectivity index (χ3v) is 8.32. The molecule has 0 bridgehead atoms. The van der Waals surface area contributed by atoms with Gasteiger partial charge in [-0.3, -0.25) is 14.2 Å². The minimum atomic E-state index is -3.90. The predicted molar refractivity (Wildman–Crippen MR) is 133 cm³/mol. The predicted octanol–water partition coefficient (Wildman–Crippen LogP) is 3.51. The topological polar surface area (TPSA) is 138 Å². The van der Waals surface area contributed by atoms with Gasteiger partial charge in [-0.1, -0.05) is 25.0 Å². The van der Waals surface area contributed by atoms with Gasteiger partial charge in [-0.05, 0) is 38.8 Å². The molecule has 1 saturated carbocycles. The zero-order chi connectivity index (χ0) is 24.9. The number of fused-ring (bicyclic) bond motifs is 1. The number of ketones is 1. The van der Waals surface area contributed by atoms with Crippen LogP contribution in [0.5, 0.6) is 0 Å². The van der Waals surface area contributed by atoms with Gasteiger partial charge in [0.25, 0.3) is 10.0 Å². The van der Waals surface area contributed by atoms with Crippen LogP contribution in [0.2, 0.25) is 0 Å². The van der Waals surface area contributed by atoms with E-state index < -0.39 is 10.0 Å². The van der Waals surface area contributed by atoms with Crippen LogP contribution in [0.1, 0.15) is 59.0 Å². The Balaban J connectivity index is 1.52. The van der Waals surface area contributed by atoms with E-state index in [0.29, 0.717) is 33.5 Å². The van der Waals surface area contributed by atoms with Gasteiger partial charge >= 0.3 is 0 Å². The third kappa shape index (κ3) is 3.95. The number of hydrogen-bond donors (Lipinski definition) is 2. The summed E-state index contributed by atoms with van der Waals surface area (Å²) in [6, 6.07) is 6.69. The van der Waals surface area contributed by atoms with Crippen LogP contribution in [0.25, 0.3) is 11.0 Å². The standard InChI is InChI=1S/C24H27N7O3S/c1-14-22(15(2)30(3)28-14)35(33,34)29-17-8-6-7-16(11-17)21(32)19-12-31(18-9-4-5-10-18)24-20(19)23(25)26-13-27-24/h6-8,11-13,18,29H,4-5,9-10H2,1-3H3,(H2,25,26,27). The maximum Gasteiger partial charge on any atom is 0.265 e. The summed E-state index contributed by atoms with van der Waals surface area (Å²) in [5.74, 6) is -0.0301. The Labute approximate surface area is 203 Å². The van der Waals surface area contributed by atoms with Gasteiger partial charge in [-0.25, -0.2) is 18.4 Å². The van der Waals surface area contributed by atoms with E-state index in [1.807, 2.05) is 10.8 Å². The Morgan fingerprint density at radius 3 is 2.60 bits per heavy atom. The molecule has 11 heteroatoms. The summed E-state index contributed by atoms with van der Waals surface area (Å²) in [7, 11) is -2.21. The normalized spacial score (nSPS) is 14.6. The lowest BCUT2D eigenvalue weighted by Crippen LogP contribution is -2.15. The van der Waals surface area contributed by atoms with Gasteiger partial charge in [0.2, 0.25) is 0 Å². The number of aryl methyl sites for hydroxylation is 2. The number of aromatic nitrogens is 5. The Kier molecular flexibility index (Phi) is 5.59. The van der Waals surface area contributed by atoms with Gasteiger partial charge in [0.05, 0.1) is 22.3 Å². The highest BCUT2D eigenvalue weighted by Gasteiger charge is 2.27. The van der Waals surface area contributed by atoms with E-state index in [0.717, 1.165) is 25.7 Å². The third-order valence-electron chi connectivity index (χ3n) is 6.69. The van der Waals surface area contributed by atoms with Crippen LogP contribution in [0.15, 0.2) is 41.7 Å². The van der Waals surface area contributed by atoms with Crippen molar-refractivity contribution in [2.24, 2.45) is 7.05 Å². The quantitative estimate of drug-likeness (QED) is 0.392. The summed E-state index contributed by atoms with van der Waals surface area (Å²) in [6.45, 7) is 3.34. The zero-order valence-electron chi connectivity index (χ0n) is 19.8. The number of rotatable bonds is 6. The summed E-state index contributed by atoms with van der Waals surface area (Å²) in [5.41, 5.74) is 8.77. The first-order valence-corrected chi connectivity index (χ1v) is 12.9. The molecule has 1 aromatic carbocycles. The highest BCUT2D eigenvalue weighted by atomic mass is 32.2. The van der Waals surface area contributed by atoms with Crippen molar-refractivity contribution in [2.75, 3.05) is 10.5 Å². The lowest BCUT2D eigenvalue weighted by atomic mass is 10.0. The smallest absolute Gasteiger partial charge is 0.265 e. The van der Waals surface area contributed by atoms with Crippen LogP contribution >= 0.6 is 0 Å². The number of benzene rings is 1. The number of hydrogen-bond acceptors (Lipinski definition) is 7. The number of nitrogens with one attached hydrogen (secondary N) is 1. The lowest BCUT2D eigenvalue weighted by molar-refractivity contribution is 0.104. The molecule has 0 radical (unpaired) electrons. The number of nitrogens with zero attached hydrogens (tertiary/aromatic N) is 5. The minimum absolute atomic E-state index is 0.126. The highest BCUT2D eigenvalue weighted by Crippen LogP contribution is 2.35. The van der Waals surface area contributed by atoms with Crippen molar-refractivity contribution in [1.29, 1.82) is 0 Å². The van der Waals surface area contributed by atoms with Gasteiger partial charge < -0.3 is 10.3 Å². The fourth-order valence-corrected chi connectivity index (χ4v) is 6.46. The monoisotopic (exact) mass is 493 g/mol. The molecule has 3 heterocycles. The SMILES string of the molecule is Cc1nn(C)c(C)c1S(=O)(=O)Nc1cccc(C(=O)c2cn(C3CCCC3)c3ncnc(N)c23)c1. The molecule has 4 aromatic rings. The van der Waals surface area contributed by atoms with Crippen LogP contribution < -0.4 is 10.5 Å². The fourth-order valence-electron chi connectivity index (χ4n) is 4.97.